The fourth-order valence-electron chi connectivity index (χ4n) is 2.00. The zero-order chi connectivity index (χ0) is 17.4. The topological polar surface area (TPSA) is 63.2 Å². The summed E-state index contributed by atoms with van der Waals surface area (Å²) >= 11 is 5.16. The smallest absolute Gasteiger partial charge is 0.257 e. The van der Waals surface area contributed by atoms with Gasteiger partial charge in [-0.3, -0.25) is 10.1 Å². The van der Waals surface area contributed by atoms with Crippen molar-refractivity contribution in [1.82, 2.24) is 10.3 Å². The molecule has 0 saturated heterocycles. The molecule has 0 atom stereocenters. The number of carbonyl (C=O) groups is 1. The molecular weight excluding hydrogens is 322 g/mol. The van der Waals surface area contributed by atoms with Gasteiger partial charge in [-0.2, -0.15) is 0 Å². The SMILES string of the molecule is CCCCOc1cccc(C(=O)NC(=S)Nc2cccc(C)n2)c1. The van der Waals surface area contributed by atoms with Crippen molar-refractivity contribution in [3.63, 3.8) is 0 Å². The van der Waals surface area contributed by atoms with Gasteiger partial charge in [-0.25, -0.2) is 4.98 Å². The van der Waals surface area contributed by atoms with Crippen LogP contribution in [0.1, 0.15) is 35.8 Å². The molecule has 0 saturated carbocycles. The van der Waals surface area contributed by atoms with Crippen molar-refractivity contribution < 1.29 is 9.53 Å². The lowest BCUT2D eigenvalue weighted by Crippen LogP contribution is -2.34. The van der Waals surface area contributed by atoms with E-state index in [1.54, 1.807) is 24.3 Å². The van der Waals surface area contributed by atoms with Crippen LogP contribution in [0.15, 0.2) is 42.5 Å². The van der Waals surface area contributed by atoms with E-state index >= 15 is 0 Å². The van der Waals surface area contributed by atoms with E-state index in [1.165, 1.54) is 0 Å². The quantitative estimate of drug-likeness (QED) is 0.618. The van der Waals surface area contributed by atoms with Crippen LogP contribution in [-0.4, -0.2) is 22.6 Å². The average molecular weight is 343 g/mol. The Morgan fingerprint density at radius 3 is 2.79 bits per heavy atom. The van der Waals surface area contributed by atoms with Crippen LogP contribution >= 0.6 is 12.2 Å². The number of hydrogen-bond donors (Lipinski definition) is 2. The lowest BCUT2D eigenvalue weighted by molar-refractivity contribution is 0.0977. The lowest BCUT2D eigenvalue weighted by Gasteiger charge is -2.10. The van der Waals surface area contributed by atoms with Crippen LogP contribution < -0.4 is 15.4 Å². The molecule has 0 fully saturated rings. The number of amides is 1. The molecule has 0 bridgehead atoms. The number of pyridine rings is 1. The van der Waals surface area contributed by atoms with Crippen molar-refractivity contribution in [3.05, 3.63) is 53.7 Å². The van der Waals surface area contributed by atoms with Gasteiger partial charge in [0, 0.05) is 11.3 Å². The average Bonchev–Trinajstić information content (AvgIpc) is 2.55. The number of hydrogen-bond acceptors (Lipinski definition) is 4. The van der Waals surface area contributed by atoms with Crippen LogP contribution in [0.25, 0.3) is 0 Å². The molecule has 1 amide bonds. The first-order valence-electron chi connectivity index (χ1n) is 7.87. The normalized spacial score (nSPS) is 10.1. The van der Waals surface area contributed by atoms with Crippen molar-refractivity contribution in [2.75, 3.05) is 11.9 Å². The molecule has 1 aromatic carbocycles. The standard InChI is InChI=1S/C18H21N3O2S/c1-3-4-11-23-15-9-6-8-14(12-15)17(22)21-18(24)20-16-10-5-7-13(2)19-16/h5-10,12H,3-4,11H2,1-2H3,(H2,19,20,21,22,24). The second-order valence-electron chi connectivity index (χ2n) is 5.30. The molecule has 0 unspecified atom stereocenters. The highest BCUT2D eigenvalue weighted by atomic mass is 32.1. The summed E-state index contributed by atoms with van der Waals surface area (Å²) in [6.07, 6.45) is 2.04. The highest BCUT2D eigenvalue weighted by molar-refractivity contribution is 7.80. The fraction of sp³-hybridized carbons (Fsp3) is 0.278. The van der Waals surface area contributed by atoms with E-state index in [0.29, 0.717) is 23.7 Å². The van der Waals surface area contributed by atoms with Crippen molar-refractivity contribution in [3.8, 4) is 5.75 Å². The molecular formula is C18H21N3O2S. The minimum absolute atomic E-state index is 0.204. The number of carbonyl (C=O) groups excluding carboxylic acids is 1. The van der Waals surface area contributed by atoms with Gasteiger partial charge in [-0.05, 0) is 55.9 Å². The summed E-state index contributed by atoms with van der Waals surface area (Å²) in [5, 5.41) is 5.75. The summed E-state index contributed by atoms with van der Waals surface area (Å²) in [7, 11) is 0. The largest absolute Gasteiger partial charge is 0.494 e. The first-order chi connectivity index (χ1) is 11.6. The third-order valence-electron chi connectivity index (χ3n) is 3.22. The Kier molecular flexibility index (Phi) is 6.69. The van der Waals surface area contributed by atoms with Crippen molar-refractivity contribution in [2.45, 2.75) is 26.7 Å². The Morgan fingerprint density at radius 2 is 2.04 bits per heavy atom. The van der Waals surface area contributed by atoms with Crippen LogP contribution in [0.3, 0.4) is 0 Å². The van der Waals surface area contributed by atoms with Crippen LogP contribution in [0.2, 0.25) is 0 Å². The number of benzene rings is 1. The van der Waals surface area contributed by atoms with Gasteiger partial charge < -0.3 is 10.1 Å². The molecule has 24 heavy (non-hydrogen) atoms. The van der Waals surface area contributed by atoms with E-state index in [0.717, 1.165) is 18.5 Å². The number of rotatable bonds is 6. The van der Waals surface area contributed by atoms with Crippen LogP contribution in [0.4, 0.5) is 5.82 Å². The minimum atomic E-state index is -0.291. The zero-order valence-corrected chi connectivity index (χ0v) is 14.7. The molecule has 2 rings (SSSR count). The van der Waals surface area contributed by atoms with Gasteiger partial charge in [0.15, 0.2) is 5.11 Å². The molecule has 1 aromatic heterocycles. The molecule has 126 valence electrons. The monoisotopic (exact) mass is 343 g/mol. The summed E-state index contributed by atoms with van der Waals surface area (Å²) in [5.74, 6) is 0.980. The van der Waals surface area contributed by atoms with Gasteiger partial charge in [0.25, 0.3) is 5.91 Å². The van der Waals surface area contributed by atoms with E-state index in [2.05, 4.69) is 22.5 Å². The van der Waals surface area contributed by atoms with Gasteiger partial charge in [0.2, 0.25) is 0 Å². The van der Waals surface area contributed by atoms with Crippen LogP contribution in [-0.2, 0) is 0 Å². The molecule has 0 aliphatic rings. The molecule has 2 aromatic rings. The molecule has 2 N–H and O–H groups in total. The maximum absolute atomic E-state index is 12.3. The maximum Gasteiger partial charge on any atom is 0.257 e. The van der Waals surface area contributed by atoms with E-state index < -0.39 is 0 Å². The minimum Gasteiger partial charge on any atom is -0.494 e. The van der Waals surface area contributed by atoms with E-state index in [9.17, 15) is 4.79 Å². The number of ether oxygens (including phenoxy) is 1. The summed E-state index contributed by atoms with van der Waals surface area (Å²) in [6, 6.07) is 12.6. The van der Waals surface area contributed by atoms with Gasteiger partial charge in [-0.1, -0.05) is 25.5 Å². The van der Waals surface area contributed by atoms with Gasteiger partial charge in [0.1, 0.15) is 11.6 Å². The molecule has 0 spiro atoms. The van der Waals surface area contributed by atoms with Crippen molar-refractivity contribution in [1.29, 1.82) is 0 Å². The fourth-order valence-corrected chi connectivity index (χ4v) is 2.19. The second-order valence-corrected chi connectivity index (χ2v) is 5.71. The molecule has 0 aliphatic carbocycles. The number of aromatic nitrogens is 1. The van der Waals surface area contributed by atoms with E-state index in [4.69, 9.17) is 17.0 Å². The van der Waals surface area contributed by atoms with Gasteiger partial charge in [0.05, 0.1) is 6.61 Å². The molecule has 0 aliphatic heterocycles. The van der Waals surface area contributed by atoms with Gasteiger partial charge >= 0.3 is 0 Å². The van der Waals surface area contributed by atoms with E-state index in [1.807, 2.05) is 25.1 Å². The van der Waals surface area contributed by atoms with Crippen LogP contribution in [0.5, 0.6) is 5.75 Å². The Hall–Kier alpha value is -2.47. The van der Waals surface area contributed by atoms with Gasteiger partial charge in [-0.15, -0.1) is 0 Å². The zero-order valence-electron chi connectivity index (χ0n) is 13.8. The molecule has 0 radical (unpaired) electrons. The Bertz CT molecular complexity index is 719. The predicted octanol–water partition coefficient (Wildman–Crippen LogP) is 3.70. The number of anilines is 1. The Morgan fingerprint density at radius 1 is 1.25 bits per heavy atom. The predicted molar refractivity (Wildman–Crippen MR) is 99.5 cm³/mol. The lowest BCUT2D eigenvalue weighted by atomic mass is 10.2. The number of aryl methyl sites for hydroxylation is 1. The summed E-state index contributed by atoms with van der Waals surface area (Å²) in [6.45, 7) is 4.63. The highest BCUT2D eigenvalue weighted by Crippen LogP contribution is 2.14. The first kappa shape index (κ1) is 17.9. The first-order valence-corrected chi connectivity index (χ1v) is 8.28. The Balaban J connectivity index is 1.93. The van der Waals surface area contributed by atoms with E-state index in [-0.39, 0.29) is 11.0 Å². The number of nitrogens with zero attached hydrogens (tertiary/aromatic N) is 1. The second kappa shape index (κ2) is 8.98. The Labute approximate surface area is 147 Å². The van der Waals surface area contributed by atoms with Crippen molar-refractivity contribution >= 4 is 29.1 Å². The molecule has 1 heterocycles. The summed E-state index contributed by atoms with van der Waals surface area (Å²) in [5.41, 5.74) is 1.36. The maximum atomic E-state index is 12.3. The summed E-state index contributed by atoms with van der Waals surface area (Å²) < 4.78 is 5.61. The summed E-state index contributed by atoms with van der Waals surface area (Å²) in [4.78, 5) is 16.6. The van der Waals surface area contributed by atoms with Crippen molar-refractivity contribution in [2.24, 2.45) is 0 Å². The molecule has 6 heteroatoms. The number of thiocarbonyl (C=S) groups is 1. The third-order valence-corrected chi connectivity index (χ3v) is 3.42. The van der Waals surface area contributed by atoms with Crippen LogP contribution in [0, 0.1) is 6.92 Å². The molecule has 5 nitrogen and oxygen atoms in total. The number of unbranched alkanes of at least 4 members (excludes halogenated alkanes) is 1. The number of nitrogens with one attached hydrogen (secondary N) is 2. The third kappa shape index (κ3) is 5.62. The highest BCUT2D eigenvalue weighted by Gasteiger charge is 2.09.